The van der Waals surface area contributed by atoms with Crippen LogP contribution in [0, 0.1) is 0 Å². The summed E-state index contributed by atoms with van der Waals surface area (Å²) < 4.78 is 21.2. The van der Waals surface area contributed by atoms with Gasteiger partial charge in [0.05, 0.1) is 9.24 Å². The normalized spacial score (nSPS) is 13.7. The molecule has 1 aromatic heterocycles. The minimum absolute atomic E-state index is 0.0166. The monoisotopic (exact) mass is 258 g/mol. The molecule has 0 spiro atoms. The third-order valence-corrected chi connectivity index (χ3v) is 2.02. The molecular formula is C12H17ClN2O2. The van der Waals surface area contributed by atoms with Gasteiger partial charge in [0.25, 0.3) is 0 Å². The molecule has 5 heteroatoms. The summed E-state index contributed by atoms with van der Waals surface area (Å²) in [6, 6.07) is 3.04. The minimum Gasteiger partial charge on any atom is -0.444 e. The molecule has 0 fully saturated rings. The summed E-state index contributed by atoms with van der Waals surface area (Å²) in [5, 5.41) is 0.0166. The molecule has 94 valence electrons. The SMILES string of the molecule is [2H]C([2H])(c1cccnc1Cl)N(C)C(=O)OC(C)(C)C. The van der Waals surface area contributed by atoms with E-state index in [0.29, 0.717) is 0 Å². The highest BCUT2D eigenvalue weighted by Crippen LogP contribution is 2.15. The largest absolute Gasteiger partial charge is 0.444 e. The van der Waals surface area contributed by atoms with Crippen molar-refractivity contribution in [1.29, 1.82) is 0 Å². The van der Waals surface area contributed by atoms with Crippen LogP contribution in [-0.4, -0.2) is 28.6 Å². The van der Waals surface area contributed by atoms with Crippen LogP contribution in [-0.2, 0) is 11.2 Å². The maximum absolute atomic E-state index is 11.9. The molecule has 0 aliphatic carbocycles. The molecule has 1 heterocycles. The van der Waals surface area contributed by atoms with E-state index in [4.69, 9.17) is 19.1 Å². The fraction of sp³-hybridized carbons (Fsp3) is 0.500. The number of amides is 1. The van der Waals surface area contributed by atoms with Crippen LogP contribution in [0.2, 0.25) is 5.15 Å². The Hall–Kier alpha value is -1.29. The first-order valence-electron chi connectivity index (χ1n) is 6.13. The first-order chi connectivity index (χ1) is 8.55. The molecule has 1 aromatic rings. The van der Waals surface area contributed by atoms with Crippen LogP contribution in [0.25, 0.3) is 0 Å². The minimum atomic E-state index is -2.10. The highest BCUT2D eigenvalue weighted by Gasteiger charge is 2.20. The predicted octanol–water partition coefficient (Wildman–Crippen LogP) is 3.10. The topological polar surface area (TPSA) is 42.4 Å². The van der Waals surface area contributed by atoms with Crippen molar-refractivity contribution in [1.82, 2.24) is 9.88 Å². The molecule has 0 aliphatic heterocycles. The average molecular weight is 259 g/mol. The van der Waals surface area contributed by atoms with Crippen LogP contribution < -0.4 is 0 Å². The number of hydrogen-bond donors (Lipinski definition) is 0. The van der Waals surface area contributed by atoms with E-state index < -0.39 is 18.2 Å². The standard InChI is InChI=1S/C12H17ClN2O2/c1-12(2,3)17-11(16)15(4)8-9-6-5-7-14-10(9)13/h5-7H,8H2,1-4H3/i8D2. The molecule has 0 radical (unpaired) electrons. The lowest BCUT2D eigenvalue weighted by Crippen LogP contribution is -2.33. The Morgan fingerprint density at radius 2 is 2.29 bits per heavy atom. The molecule has 1 amide bonds. The van der Waals surface area contributed by atoms with E-state index in [0.717, 1.165) is 4.90 Å². The summed E-state index contributed by atoms with van der Waals surface area (Å²) in [6.45, 7) is 3.04. The fourth-order valence-corrected chi connectivity index (χ4v) is 1.19. The van der Waals surface area contributed by atoms with Gasteiger partial charge in [-0.25, -0.2) is 9.78 Å². The zero-order valence-corrected chi connectivity index (χ0v) is 11.1. The van der Waals surface area contributed by atoms with Crippen LogP contribution in [0.1, 0.15) is 29.1 Å². The maximum atomic E-state index is 11.9. The number of nitrogens with zero attached hydrogens (tertiary/aromatic N) is 2. The van der Waals surface area contributed by atoms with Crippen LogP contribution >= 0.6 is 11.6 Å². The lowest BCUT2D eigenvalue weighted by molar-refractivity contribution is 0.0285. The Bertz CT molecular complexity index is 475. The zero-order valence-electron chi connectivity index (χ0n) is 12.3. The number of pyridine rings is 1. The third kappa shape index (κ3) is 4.61. The second-order valence-electron chi connectivity index (χ2n) is 4.49. The maximum Gasteiger partial charge on any atom is 0.410 e. The van der Waals surface area contributed by atoms with Gasteiger partial charge in [-0.05, 0) is 26.8 Å². The second kappa shape index (κ2) is 5.36. The Balaban J connectivity index is 3.00. The van der Waals surface area contributed by atoms with Crippen molar-refractivity contribution in [2.75, 3.05) is 7.05 Å². The van der Waals surface area contributed by atoms with Crippen LogP contribution in [0.15, 0.2) is 18.3 Å². The quantitative estimate of drug-likeness (QED) is 0.766. The summed E-state index contributed by atoms with van der Waals surface area (Å²) >= 11 is 5.86. The van der Waals surface area contributed by atoms with E-state index in [9.17, 15) is 4.79 Å². The number of carbonyl (C=O) groups is 1. The van der Waals surface area contributed by atoms with Crippen molar-refractivity contribution in [3.05, 3.63) is 29.0 Å². The van der Waals surface area contributed by atoms with E-state index in [-0.39, 0.29) is 10.7 Å². The molecule has 0 saturated heterocycles. The van der Waals surface area contributed by atoms with Gasteiger partial charge >= 0.3 is 6.09 Å². The predicted molar refractivity (Wildman–Crippen MR) is 66.9 cm³/mol. The van der Waals surface area contributed by atoms with Crippen molar-refractivity contribution in [3.8, 4) is 0 Å². The van der Waals surface area contributed by atoms with Crippen LogP contribution in [0.5, 0.6) is 0 Å². The van der Waals surface area contributed by atoms with Gasteiger partial charge in [-0.2, -0.15) is 0 Å². The molecular weight excluding hydrogens is 240 g/mol. The second-order valence-corrected chi connectivity index (χ2v) is 4.85. The van der Waals surface area contributed by atoms with Crippen molar-refractivity contribution < 1.29 is 12.3 Å². The Kier molecular flexibility index (Phi) is 3.42. The molecule has 0 aromatic carbocycles. The Labute approximate surface area is 109 Å². The number of aromatic nitrogens is 1. The summed E-state index contributed by atoms with van der Waals surface area (Å²) in [4.78, 5) is 16.6. The third-order valence-electron chi connectivity index (χ3n) is 1.71. The highest BCUT2D eigenvalue weighted by atomic mass is 35.5. The van der Waals surface area contributed by atoms with Gasteiger partial charge in [-0.3, -0.25) is 0 Å². The molecule has 17 heavy (non-hydrogen) atoms. The first kappa shape index (κ1) is 10.8. The number of rotatable bonds is 2. The van der Waals surface area contributed by atoms with Gasteiger partial charge in [-0.1, -0.05) is 17.7 Å². The Morgan fingerprint density at radius 1 is 1.65 bits per heavy atom. The summed E-state index contributed by atoms with van der Waals surface area (Å²) in [6.07, 6.45) is 0.687. The number of hydrogen-bond acceptors (Lipinski definition) is 3. The van der Waals surface area contributed by atoms with Gasteiger partial charge < -0.3 is 9.64 Å². The molecule has 1 rings (SSSR count). The molecule has 0 aliphatic rings. The number of ether oxygens (including phenoxy) is 1. The van der Waals surface area contributed by atoms with Gasteiger partial charge in [-0.15, -0.1) is 0 Å². The van der Waals surface area contributed by atoms with Gasteiger partial charge in [0.15, 0.2) is 0 Å². The lowest BCUT2D eigenvalue weighted by atomic mass is 10.2. The van der Waals surface area contributed by atoms with Gasteiger partial charge in [0.2, 0.25) is 0 Å². The van der Waals surface area contributed by atoms with E-state index in [1.807, 2.05) is 0 Å². The molecule has 0 saturated carbocycles. The van der Waals surface area contributed by atoms with Crippen LogP contribution in [0.4, 0.5) is 4.79 Å². The summed E-state index contributed by atoms with van der Waals surface area (Å²) in [5.41, 5.74) is -0.579. The van der Waals surface area contributed by atoms with Crippen molar-refractivity contribution >= 4 is 17.7 Å². The highest BCUT2D eigenvalue weighted by molar-refractivity contribution is 6.30. The van der Waals surface area contributed by atoms with E-state index in [1.165, 1.54) is 19.3 Å². The fourth-order valence-electron chi connectivity index (χ4n) is 1.03. The van der Waals surface area contributed by atoms with Crippen LogP contribution in [0.3, 0.4) is 0 Å². The summed E-state index contributed by atoms with van der Waals surface area (Å²) in [5.74, 6) is 0. The smallest absolute Gasteiger partial charge is 0.410 e. The molecule has 0 N–H and O–H groups in total. The molecule has 0 unspecified atom stereocenters. The summed E-state index contributed by atoms with van der Waals surface area (Å²) in [7, 11) is 1.32. The van der Waals surface area contributed by atoms with Crippen molar-refractivity contribution in [2.45, 2.75) is 32.9 Å². The number of carbonyl (C=O) groups excluding carboxylic acids is 1. The van der Waals surface area contributed by atoms with E-state index >= 15 is 0 Å². The van der Waals surface area contributed by atoms with Gasteiger partial charge in [0.1, 0.15) is 10.8 Å². The molecule has 0 atom stereocenters. The average Bonchev–Trinajstić information content (AvgIpc) is 2.26. The van der Waals surface area contributed by atoms with E-state index in [2.05, 4.69) is 4.98 Å². The van der Waals surface area contributed by atoms with E-state index in [1.54, 1.807) is 26.8 Å². The van der Waals surface area contributed by atoms with Gasteiger partial charge in [0, 0.05) is 18.8 Å². The van der Waals surface area contributed by atoms with Crippen molar-refractivity contribution in [2.24, 2.45) is 0 Å². The number of halogens is 1. The molecule has 4 nitrogen and oxygen atoms in total. The lowest BCUT2D eigenvalue weighted by Gasteiger charge is -2.24. The molecule has 0 bridgehead atoms. The Morgan fingerprint density at radius 3 is 2.82 bits per heavy atom. The first-order valence-corrected chi connectivity index (χ1v) is 5.51. The van der Waals surface area contributed by atoms with Crippen molar-refractivity contribution in [3.63, 3.8) is 0 Å². The zero-order chi connectivity index (χ0) is 14.8.